The van der Waals surface area contributed by atoms with Crippen molar-refractivity contribution in [2.75, 3.05) is 11.5 Å². The average molecular weight is 341 g/mol. The molecule has 1 heterocycles. The van der Waals surface area contributed by atoms with Crippen LogP contribution in [-0.4, -0.2) is 23.4 Å². The lowest BCUT2D eigenvalue weighted by Crippen LogP contribution is -2.24. The predicted molar refractivity (Wildman–Crippen MR) is 97.7 cm³/mol. The van der Waals surface area contributed by atoms with Crippen molar-refractivity contribution in [2.45, 2.75) is 4.08 Å². The maximum absolute atomic E-state index is 12.2. The molecule has 0 bridgehead atoms. The Bertz CT molecular complexity index is 837. The first kappa shape index (κ1) is 14.7. The number of hydrogen-bond donors (Lipinski definition) is 2. The second-order valence-electron chi connectivity index (χ2n) is 5.46. The number of amides is 1. The van der Waals surface area contributed by atoms with Crippen LogP contribution in [0.1, 0.15) is 21.5 Å². The predicted octanol–water partition coefficient (Wildman–Crippen LogP) is 2.76. The van der Waals surface area contributed by atoms with E-state index < -0.39 is 5.91 Å². The molecule has 0 unspecified atom stereocenters. The molecular weight excluding hydrogens is 326 g/mol. The van der Waals surface area contributed by atoms with Crippen LogP contribution in [0.3, 0.4) is 0 Å². The van der Waals surface area contributed by atoms with Crippen LogP contribution in [0.2, 0.25) is 0 Å². The quantitative estimate of drug-likeness (QED) is 0.616. The summed E-state index contributed by atoms with van der Waals surface area (Å²) in [7, 11) is 0. The molecule has 1 spiro atoms. The third-order valence-electron chi connectivity index (χ3n) is 4.12. The van der Waals surface area contributed by atoms with Crippen molar-refractivity contribution in [3.8, 4) is 11.1 Å². The third-order valence-corrected chi connectivity index (χ3v) is 7.59. The topological polar surface area (TPSA) is 81.5 Å². The number of nitrogens with two attached hydrogens (primary N) is 2. The summed E-state index contributed by atoms with van der Waals surface area (Å²) in [6.45, 7) is 0. The lowest BCUT2D eigenvalue weighted by atomic mass is 10.0. The monoisotopic (exact) mass is 341 g/mol. The standard InChI is InChI=1S/C17H15N3OS2/c18-16(19)20-15(21)10-5-6-12-11-3-1-2-4-13(11)17(14(12)9-10)22-7-8-23-17/h1-6,9H,7-8H2,(H4,18,19,20,21). The van der Waals surface area contributed by atoms with Crippen LogP contribution in [0.4, 0.5) is 0 Å². The number of nitrogens with zero attached hydrogens (tertiary/aromatic N) is 1. The van der Waals surface area contributed by atoms with Gasteiger partial charge in [0, 0.05) is 17.1 Å². The highest BCUT2D eigenvalue weighted by Gasteiger charge is 2.46. The van der Waals surface area contributed by atoms with Gasteiger partial charge in [-0.2, -0.15) is 4.99 Å². The van der Waals surface area contributed by atoms with Gasteiger partial charge >= 0.3 is 0 Å². The Hall–Kier alpha value is -1.92. The lowest BCUT2D eigenvalue weighted by Gasteiger charge is -2.24. The summed E-state index contributed by atoms with van der Waals surface area (Å²) >= 11 is 3.88. The van der Waals surface area contributed by atoms with E-state index in [1.54, 1.807) is 6.07 Å². The second kappa shape index (κ2) is 5.32. The van der Waals surface area contributed by atoms with Gasteiger partial charge in [-0.15, -0.1) is 23.5 Å². The zero-order valence-electron chi connectivity index (χ0n) is 12.3. The van der Waals surface area contributed by atoms with E-state index in [-0.39, 0.29) is 10.0 Å². The molecule has 1 fully saturated rings. The number of hydrogen-bond acceptors (Lipinski definition) is 3. The second-order valence-corrected chi connectivity index (χ2v) is 8.34. The van der Waals surface area contributed by atoms with E-state index in [0.29, 0.717) is 5.56 Å². The summed E-state index contributed by atoms with van der Waals surface area (Å²) in [4.78, 5) is 15.8. The maximum Gasteiger partial charge on any atom is 0.280 e. The van der Waals surface area contributed by atoms with Crippen LogP contribution in [0.15, 0.2) is 47.5 Å². The molecule has 1 saturated heterocycles. The van der Waals surface area contributed by atoms with E-state index in [1.807, 2.05) is 35.7 Å². The number of fused-ring (bicyclic) bond motifs is 5. The highest BCUT2D eigenvalue weighted by Crippen LogP contribution is 2.63. The molecule has 2 aliphatic rings. The van der Waals surface area contributed by atoms with Crippen molar-refractivity contribution < 1.29 is 4.79 Å². The van der Waals surface area contributed by atoms with E-state index in [0.717, 1.165) is 11.5 Å². The number of guanidine groups is 1. The number of carbonyl (C=O) groups is 1. The van der Waals surface area contributed by atoms with Crippen molar-refractivity contribution in [3.63, 3.8) is 0 Å². The minimum atomic E-state index is -0.396. The van der Waals surface area contributed by atoms with Gasteiger partial charge in [-0.05, 0) is 34.4 Å². The Morgan fingerprint density at radius 1 is 1.00 bits per heavy atom. The van der Waals surface area contributed by atoms with Gasteiger partial charge in [-0.1, -0.05) is 30.3 Å². The Labute approximate surface area is 142 Å². The molecule has 116 valence electrons. The van der Waals surface area contributed by atoms with Crippen molar-refractivity contribution in [3.05, 3.63) is 59.2 Å². The summed E-state index contributed by atoms with van der Waals surface area (Å²) in [6, 6.07) is 14.3. The van der Waals surface area contributed by atoms with Gasteiger partial charge in [0.2, 0.25) is 0 Å². The molecule has 2 aromatic carbocycles. The van der Waals surface area contributed by atoms with E-state index in [9.17, 15) is 4.79 Å². The van der Waals surface area contributed by atoms with Gasteiger partial charge in [-0.25, -0.2) is 0 Å². The number of aliphatic imine (C=N–C) groups is 1. The summed E-state index contributed by atoms with van der Waals surface area (Å²) in [6.07, 6.45) is 0. The highest BCUT2D eigenvalue weighted by molar-refractivity contribution is 8.20. The molecular formula is C17H15N3OS2. The Kier molecular flexibility index (Phi) is 3.39. The van der Waals surface area contributed by atoms with Gasteiger partial charge in [0.05, 0.1) is 0 Å². The van der Waals surface area contributed by atoms with Crippen molar-refractivity contribution in [1.82, 2.24) is 0 Å². The first-order valence-corrected chi connectivity index (χ1v) is 9.25. The smallest absolute Gasteiger partial charge is 0.280 e. The van der Waals surface area contributed by atoms with E-state index in [2.05, 4.69) is 29.3 Å². The van der Waals surface area contributed by atoms with E-state index in [1.165, 1.54) is 22.3 Å². The van der Waals surface area contributed by atoms with Gasteiger partial charge in [0.25, 0.3) is 5.91 Å². The molecule has 4 N–H and O–H groups in total. The molecule has 0 aromatic heterocycles. The fraction of sp³-hybridized carbons (Fsp3) is 0.176. The molecule has 1 aliphatic carbocycles. The Balaban J connectivity index is 1.90. The first-order valence-electron chi connectivity index (χ1n) is 7.28. The van der Waals surface area contributed by atoms with Gasteiger partial charge in [-0.3, -0.25) is 4.79 Å². The lowest BCUT2D eigenvalue weighted by molar-refractivity contribution is 0.100. The van der Waals surface area contributed by atoms with Crippen molar-refractivity contribution >= 4 is 35.4 Å². The van der Waals surface area contributed by atoms with Crippen LogP contribution < -0.4 is 11.5 Å². The van der Waals surface area contributed by atoms with Crippen LogP contribution in [0.25, 0.3) is 11.1 Å². The van der Waals surface area contributed by atoms with Crippen LogP contribution in [0.5, 0.6) is 0 Å². The van der Waals surface area contributed by atoms with Gasteiger partial charge < -0.3 is 11.5 Å². The van der Waals surface area contributed by atoms with Crippen LogP contribution in [0, 0.1) is 0 Å². The van der Waals surface area contributed by atoms with Gasteiger partial charge in [0.15, 0.2) is 5.96 Å². The summed E-state index contributed by atoms with van der Waals surface area (Å²) in [5.74, 6) is 1.60. The number of benzene rings is 2. The molecule has 4 rings (SSSR count). The summed E-state index contributed by atoms with van der Waals surface area (Å²) < 4.78 is -0.111. The SMILES string of the molecule is NC(N)=NC(=O)c1ccc2c(c1)C1(SCCS1)c1ccccc1-2. The number of thioether (sulfide) groups is 2. The third kappa shape index (κ3) is 2.16. The average Bonchev–Trinajstić information content (AvgIpc) is 3.13. The molecule has 0 saturated carbocycles. The molecule has 4 nitrogen and oxygen atoms in total. The van der Waals surface area contributed by atoms with E-state index in [4.69, 9.17) is 11.5 Å². The largest absolute Gasteiger partial charge is 0.370 e. The Morgan fingerprint density at radius 3 is 2.43 bits per heavy atom. The number of carbonyl (C=O) groups excluding carboxylic acids is 1. The molecule has 2 aromatic rings. The molecule has 23 heavy (non-hydrogen) atoms. The fourth-order valence-corrected chi connectivity index (χ4v) is 6.63. The maximum atomic E-state index is 12.2. The minimum Gasteiger partial charge on any atom is -0.370 e. The van der Waals surface area contributed by atoms with Crippen molar-refractivity contribution in [1.29, 1.82) is 0 Å². The molecule has 1 aliphatic heterocycles. The zero-order chi connectivity index (χ0) is 16.0. The van der Waals surface area contributed by atoms with Crippen LogP contribution >= 0.6 is 23.5 Å². The van der Waals surface area contributed by atoms with Crippen LogP contribution in [-0.2, 0) is 4.08 Å². The van der Waals surface area contributed by atoms with Crippen molar-refractivity contribution in [2.24, 2.45) is 16.5 Å². The first-order chi connectivity index (χ1) is 11.1. The molecule has 0 radical (unpaired) electrons. The minimum absolute atomic E-state index is 0.111. The molecule has 6 heteroatoms. The van der Waals surface area contributed by atoms with E-state index >= 15 is 0 Å². The normalized spacial score (nSPS) is 16.9. The highest BCUT2D eigenvalue weighted by atomic mass is 32.2. The summed E-state index contributed by atoms with van der Waals surface area (Å²) in [5.41, 5.74) is 16.1. The summed E-state index contributed by atoms with van der Waals surface area (Å²) in [5, 5.41) is 0. The molecule has 1 amide bonds. The van der Waals surface area contributed by atoms with Gasteiger partial charge in [0.1, 0.15) is 4.08 Å². The fourth-order valence-electron chi connectivity index (χ4n) is 3.24. The Morgan fingerprint density at radius 2 is 1.70 bits per heavy atom. The molecule has 0 atom stereocenters. The number of rotatable bonds is 1. The zero-order valence-corrected chi connectivity index (χ0v) is 13.9.